The predicted octanol–water partition coefficient (Wildman–Crippen LogP) is 8.96. The molecule has 3 fully saturated rings. The van der Waals surface area contributed by atoms with Crippen molar-refractivity contribution in [1.82, 2.24) is 24.3 Å². The summed E-state index contributed by atoms with van der Waals surface area (Å²) in [5, 5.41) is 3.62. The van der Waals surface area contributed by atoms with E-state index in [9.17, 15) is 14.4 Å². The second-order valence-corrected chi connectivity index (χ2v) is 18.9. The molecule has 3 aliphatic rings. The van der Waals surface area contributed by atoms with Crippen LogP contribution in [0, 0.1) is 47.3 Å². The molecule has 2 aromatic heterocycles. The molecular weight excluding hydrogens is 764 g/mol. The van der Waals surface area contributed by atoms with Crippen LogP contribution >= 0.6 is 11.6 Å². The summed E-state index contributed by atoms with van der Waals surface area (Å²) in [6.45, 7) is 22.1. The fraction of sp³-hybridized carbons (Fsp3) is 0.638. The molecule has 8 unspecified atom stereocenters. The molecule has 1 aliphatic heterocycles. The number of carbonyl (C=O) groups is 2. The molecule has 0 radical (unpaired) electrons. The molecule has 59 heavy (non-hydrogen) atoms. The van der Waals surface area contributed by atoms with Crippen molar-refractivity contribution in [3.05, 3.63) is 52.4 Å². The van der Waals surface area contributed by atoms with E-state index in [1.165, 1.54) is 45.8 Å². The van der Waals surface area contributed by atoms with Gasteiger partial charge in [-0.05, 0) is 97.7 Å². The van der Waals surface area contributed by atoms with Crippen LogP contribution in [-0.2, 0) is 16.1 Å². The number of carbonyl (C=O) groups excluding carboxylic acids is 2. The topological polar surface area (TPSA) is 119 Å². The van der Waals surface area contributed by atoms with Crippen molar-refractivity contribution < 1.29 is 19.1 Å². The van der Waals surface area contributed by atoms with Gasteiger partial charge in [0.05, 0.1) is 19.2 Å². The minimum atomic E-state index is -0.301. The van der Waals surface area contributed by atoms with Gasteiger partial charge in [0.1, 0.15) is 17.1 Å². The van der Waals surface area contributed by atoms with Crippen molar-refractivity contribution in [2.24, 2.45) is 47.3 Å². The van der Waals surface area contributed by atoms with Crippen molar-refractivity contribution in [2.75, 3.05) is 39.2 Å². The van der Waals surface area contributed by atoms with Crippen LogP contribution in [-0.4, -0.2) is 82.1 Å². The molecule has 11 nitrogen and oxygen atoms in total. The second kappa shape index (κ2) is 19.2. The first-order valence-corrected chi connectivity index (χ1v) is 22.3. The van der Waals surface area contributed by atoms with Crippen molar-refractivity contribution in [1.29, 1.82) is 0 Å². The zero-order chi connectivity index (χ0) is 42.7. The van der Waals surface area contributed by atoms with Crippen LogP contribution < -0.4 is 20.3 Å². The van der Waals surface area contributed by atoms with E-state index in [0.717, 1.165) is 19.4 Å². The number of nitrogens with one attached hydrogen (secondary N) is 1. The first kappa shape index (κ1) is 44.6. The van der Waals surface area contributed by atoms with E-state index < -0.39 is 0 Å². The van der Waals surface area contributed by atoms with Gasteiger partial charge in [0.2, 0.25) is 17.8 Å². The van der Waals surface area contributed by atoms with Crippen LogP contribution in [0.5, 0.6) is 11.5 Å². The lowest BCUT2D eigenvalue weighted by molar-refractivity contribution is -0.137. The molecular formula is C47H67ClN6O5. The van der Waals surface area contributed by atoms with Crippen molar-refractivity contribution in [2.45, 2.75) is 112 Å². The molecule has 3 aromatic rings. The zero-order valence-corrected chi connectivity index (χ0v) is 37.6. The van der Waals surface area contributed by atoms with Crippen LogP contribution in [0.15, 0.2) is 41.8 Å². The molecule has 0 spiro atoms. The maximum atomic E-state index is 14.8. The van der Waals surface area contributed by atoms with Crippen molar-refractivity contribution >= 4 is 40.4 Å². The average Bonchev–Trinajstić information content (AvgIpc) is 3.20. The van der Waals surface area contributed by atoms with Crippen molar-refractivity contribution in [3.63, 3.8) is 0 Å². The van der Waals surface area contributed by atoms with Crippen LogP contribution in [0.3, 0.4) is 0 Å². The minimum absolute atomic E-state index is 0.0203. The first-order chi connectivity index (χ1) is 28.1. The van der Waals surface area contributed by atoms with Gasteiger partial charge in [-0.1, -0.05) is 72.6 Å². The number of hydrogen-bond acceptors (Lipinski definition) is 8. The number of amides is 2. The Morgan fingerprint density at radius 2 is 1.53 bits per heavy atom. The number of pyridine rings is 1. The quantitative estimate of drug-likeness (QED) is 0.170. The molecule has 0 bridgehead atoms. The molecule has 322 valence electrons. The molecule has 2 amide bonds. The van der Waals surface area contributed by atoms with Gasteiger partial charge in [0, 0.05) is 74.0 Å². The maximum Gasteiger partial charge on any atom is 0.260 e. The van der Waals surface area contributed by atoms with Gasteiger partial charge in [-0.2, -0.15) is 4.98 Å². The van der Waals surface area contributed by atoms with Crippen LogP contribution in [0.2, 0.25) is 5.02 Å². The van der Waals surface area contributed by atoms with Crippen LogP contribution in [0.4, 0.5) is 5.95 Å². The Morgan fingerprint density at radius 1 is 0.915 bits per heavy atom. The maximum absolute atomic E-state index is 14.8. The SMILES string of the molecule is C=CC(=O)N1CC(C2CC(C)CCC2C(C)C)N(CCCn2c(=O)c(-c3cc(OC)cc(OC)c3Cl)cc3cnc(NC(C)=O)nc32)C(C2CC(C)CCC2C(C)C)C1. The normalized spacial score (nSPS) is 26.6. The third-order valence-corrected chi connectivity index (χ3v) is 14.4. The summed E-state index contributed by atoms with van der Waals surface area (Å²) < 4.78 is 12.9. The molecule has 2 saturated carbocycles. The van der Waals surface area contributed by atoms with Gasteiger partial charge >= 0.3 is 0 Å². The first-order valence-electron chi connectivity index (χ1n) is 21.9. The Hall–Kier alpha value is -3.96. The molecule has 1 N–H and O–H groups in total. The Labute approximate surface area is 356 Å². The van der Waals surface area contributed by atoms with E-state index in [-0.39, 0.29) is 35.4 Å². The lowest BCUT2D eigenvalue weighted by Crippen LogP contribution is -2.66. The fourth-order valence-electron chi connectivity index (χ4n) is 11.0. The summed E-state index contributed by atoms with van der Waals surface area (Å²) in [5.41, 5.74) is 1.02. The lowest BCUT2D eigenvalue weighted by atomic mass is 9.64. The number of aryl methyl sites for hydroxylation is 1. The fourth-order valence-corrected chi connectivity index (χ4v) is 11.3. The second-order valence-electron chi connectivity index (χ2n) is 18.5. The monoisotopic (exact) mass is 830 g/mol. The standard InChI is InChI=1S/C47H67ClN6O5/c1-11-43(56)52-25-40(36-19-29(6)13-15-34(36)27(2)3)53(41(26-52)37-20-30(7)14-16-35(37)28(4)5)17-12-18-54-45-32(24-49-47(51-45)50-31(8)55)21-39(46(54)57)38-22-33(58-9)23-42(59-10)44(38)48/h11,21-24,27-30,34-37,40-41H,1,12-20,25-26H2,2-10H3,(H,49,50,51,55). The highest BCUT2D eigenvalue weighted by molar-refractivity contribution is 6.35. The number of rotatable bonds is 13. The molecule has 1 aromatic carbocycles. The molecule has 3 heterocycles. The van der Waals surface area contributed by atoms with Gasteiger partial charge < -0.3 is 14.4 Å². The number of nitrogens with zero attached hydrogens (tertiary/aromatic N) is 5. The Balaban J connectivity index is 1.46. The number of halogens is 1. The van der Waals surface area contributed by atoms with Crippen molar-refractivity contribution in [3.8, 4) is 22.6 Å². The van der Waals surface area contributed by atoms with E-state index in [1.54, 1.807) is 36.1 Å². The number of aromatic nitrogens is 3. The number of piperazine rings is 1. The highest BCUT2D eigenvalue weighted by Crippen LogP contribution is 2.47. The summed E-state index contributed by atoms with van der Waals surface area (Å²) in [7, 11) is 3.09. The number of benzene rings is 1. The van der Waals surface area contributed by atoms with Crippen LogP contribution in [0.25, 0.3) is 22.2 Å². The minimum Gasteiger partial charge on any atom is -0.497 e. The smallest absolute Gasteiger partial charge is 0.260 e. The van der Waals surface area contributed by atoms with Crippen LogP contribution in [0.1, 0.15) is 93.4 Å². The molecule has 1 saturated heterocycles. The predicted molar refractivity (Wildman–Crippen MR) is 237 cm³/mol. The number of fused-ring (bicyclic) bond motifs is 1. The Morgan fingerprint density at radius 3 is 2.05 bits per heavy atom. The number of anilines is 1. The van der Waals surface area contributed by atoms with Gasteiger partial charge in [-0.15, -0.1) is 0 Å². The van der Waals surface area contributed by atoms with Gasteiger partial charge in [-0.3, -0.25) is 29.2 Å². The average molecular weight is 832 g/mol. The largest absolute Gasteiger partial charge is 0.497 e. The third-order valence-electron chi connectivity index (χ3n) is 14.0. The number of hydrogen-bond donors (Lipinski definition) is 1. The van der Waals surface area contributed by atoms with E-state index in [1.807, 2.05) is 0 Å². The molecule has 8 atom stereocenters. The molecule has 12 heteroatoms. The van der Waals surface area contributed by atoms with E-state index in [2.05, 4.69) is 68.2 Å². The number of methoxy groups -OCH3 is 2. The Kier molecular flexibility index (Phi) is 14.5. The molecule has 6 rings (SSSR count). The summed E-state index contributed by atoms with van der Waals surface area (Å²) in [6.07, 6.45) is 10.9. The van der Waals surface area contributed by atoms with E-state index in [4.69, 9.17) is 26.1 Å². The number of ether oxygens (including phenoxy) is 2. The van der Waals surface area contributed by atoms with Gasteiger partial charge in [0.25, 0.3) is 5.56 Å². The highest BCUT2D eigenvalue weighted by atomic mass is 35.5. The highest BCUT2D eigenvalue weighted by Gasteiger charge is 2.48. The van der Waals surface area contributed by atoms with E-state index >= 15 is 0 Å². The van der Waals surface area contributed by atoms with E-state index in [0.29, 0.717) is 112 Å². The summed E-state index contributed by atoms with van der Waals surface area (Å²) >= 11 is 6.90. The third kappa shape index (κ3) is 9.67. The zero-order valence-electron chi connectivity index (χ0n) is 36.8. The van der Waals surface area contributed by atoms with Gasteiger partial charge in [0.15, 0.2) is 0 Å². The Bertz CT molecular complexity index is 2010. The molecule has 2 aliphatic carbocycles. The van der Waals surface area contributed by atoms with Gasteiger partial charge in [-0.25, -0.2) is 4.98 Å². The summed E-state index contributed by atoms with van der Waals surface area (Å²) in [4.78, 5) is 54.7. The lowest BCUT2D eigenvalue weighted by Gasteiger charge is -2.56. The summed E-state index contributed by atoms with van der Waals surface area (Å²) in [6, 6.07) is 5.54. The summed E-state index contributed by atoms with van der Waals surface area (Å²) in [5.74, 6) is 5.03.